The topological polar surface area (TPSA) is 41.1 Å². The van der Waals surface area contributed by atoms with Gasteiger partial charge in [-0.25, -0.2) is 0 Å². The highest BCUT2D eigenvalue weighted by atomic mass is 79.9. The number of nitrogens with one attached hydrogen (secondary N) is 2. The van der Waals surface area contributed by atoms with Crippen LogP contribution < -0.4 is 10.6 Å². The fraction of sp³-hybridized carbons (Fsp3) is 0.444. The first-order valence-electron chi connectivity index (χ1n) is 4.52. The second-order valence-corrected chi connectivity index (χ2v) is 5.03. The summed E-state index contributed by atoms with van der Waals surface area (Å²) in [5, 5.41) is 8.12. The van der Waals surface area contributed by atoms with Crippen LogP contribution in [-0.4, -0.2) is 25.0 Å². The minimum Gasteiger partial charge on any atom is -0.347 e. The zero-order valence-corrected chi connectivity index (χ0v) is 9.95. The molecule has 0 aliphatic carbocycles. The Kier molecular flexibility index (Phi) is 3.20. The van der Waals surface area contributed by atoms with Crippen LogP contribution in [0, 0.1) is 0 Å². The Hall–Kier alpha value is -0.390. The van der Waals surface area contributed by atoms with Crippen molar-refractivity contribution in [3.63, 3.8) is 0 Å². The van der Waals surface area contributed by atoms with E-state index < -0.39 is 0 Å². The molecule has 14 heavy (non-hydrogen) atoms. The van der Waals surface area contributed by atoms with Gasteiger partial charge < -0.3 is 10.6 Å². The number of carbonyl (C=O) groups is 1. The molecule has 1 aliphatic rings. The van der Waals surface area contributed by atoms with Gasteiger partial charge in [0.2, 0.25) is 0 Å². The van der Waals surface area contributed by atoms with Crippen LogP contribution in [0.2, 0.25) is 0 Å². The number of thiophene rings is 1. The maximum atomic E-state index is 11.7. The molecule has 2 heterocycles. The number of hydrogen-bond donors (Lipinski definition) is 2. The van der Waals surface area contributed by atoms with E-state index in [1.807, 2.05) is 11.4 Å². The van der Waals surface area contributed by atoms with Gasteiger partial charge in [-0.05, 0) is 40.3 Å². The molecule has 0 saturated carbocycles. The predicted octanol–water partition coefficient (Wildman–Crippen LogP) is 1.60. The molecular weight excluding hydrogens is 264 g/mol. The minimum atomic E-state index is 0.0283. The summed E-state index contributed by atoms with van der Waals surface area (Å²) in [6.07, 6.45) is 1.02. The van der Waals surface area contributed by atoms with Crippen molar-refractivity contribution in [3.8, 4) is 0 Å². The average molecular weight is 275 g/mol. The van der Waals surface area contributed by atoms with Crippen LogP contribution in [0.1, 0.15) is 16.1 Å². The van der Waals surface area contributed by atoms with Crippen molar-refractivity contribution in [2.75, 3.05) is 13.1 Å². The summed E-state index contributed by atoms with van der Waals surface area (Å²) in [5.41, 5.74) is 0. The Labute approximate surface area is 95.0 Å². The third-order valence-corrected chi connectivity index (χ3v) is 4.06. The van der Waals surface area contributed by atoms with Crippen LogP contribution in [-0.2, 0) is 0 Å². The van der Waals surface area contributed by atoms with E-state index in [4.69, 9.17) is 0 Å². The van der Waals surface area contributed by atoms with Crippen molar-refractivity contribution >= 4 is 33.2 Å². The van der Waals surface area contributed by atoms with Gasteiger partial charge in [0.05, 0.1) is 0 Å². The lowest BCUT2D eigenvalue weighted by molar-refractivity contribution is 0.0943. The zero-order chi connectivity index (χ0) is 9.97. The summed E-state index contributed by atoms with van der Waals surface area (Å²) in [7, 11) is 0. The molecular formula is C9H11BrN2OS. The number of halogens is 1. The van der Waals surface area contributed by atoms with Crippen LogP contribution in [0.5, 0.6) is 0 Å². The van der Waals surface area contributed by atoms with Gasteiger partial charge in [-0.3, -0.25) is 4.79 Å². The second-order valence-electron chi connectivity index (χ2n) is 3.26. The standard InChI is InChI=1S/C9H11BrN2OS/c10-7-2-4-14-8(7)9(13)12-6-1-3-11-5-6/h2,4,6,11H,1,3,5H2,(H,12,13)/t6-/m1/s1. The van der Waals surface area contributed by atoms with Gasteiger partial charge in [-0.1, -0.05) is 0 Å². The molecule has 76 valence electrons. The maximum absolute atomic E-state index is 11.7. The largest absolute Gasteiger partial charge is 0.347 e. The van der Waals surface area contributed by atoms with E-state index >= 15 is 0 Å². The third kappa shape index (κ3) is 2.16. The summed E-state index contributed by atoms with van der Waals surface area (Å²) in [6.45, 7) is 1.88. The molecule has 0 unspecified atom stereocenters. The van der Waals surface area contributed by atoms with E-state index in [1.54, 1.807) is 0 Å². The molecule has 1 aromatic heterocycles. The Morgan fingerprint density at radius 1 is 1.71 bits per heavy atom. The molecule has 0 spiro atoms. The van der Waals surface area contributed by atoms with Crippen molar-refractivity contribution in [1.82, 2.24) is 10.6 Å². The molecule has 5 heteroatoms. The van der Waals surface area contributed by atoms with Gasteiger partial charge in [0.15, 0.2) is 0 Å². The molecule has 1 aromatic rings. The van der Waals surface area contributed by atoms with Gasteiger partial charge in [0, 0.05) is 17.1 Å². The fourth-order valence-corrected chi connectivity index (χ4v) is 2.94. The number of amides is 1. The molecule has 1 fully saturated rings. The number of carbonyl (C=O) groups excluding carboxylic acids is 1. The van der Waals surface area contributed by atoms with Crippen molar-refractivity contribution in [2.24, 2.45) is 0 Å². The van der Waals surface area contributed by atoms with Gasteiger partial charge in [0.25, 0.3) is 5.91 Å². The molecule has 2 rings (SSSR count). The van der Waals surface area contributed by atoms with E-state index in [1.165, 1.54) is 11.3 Å². The first kappa shape index (κ1) is 10.1. The van der Waals surface area contributed by atoms with Crippen molar-refractivity contribution in [1.29, 1.82) is 0 Å². The maximum Gasteiger partial charge on any atom is 0.262 e. The first-order chi connectivity index (χ1) is 6.77. The molecule has 0 bridgehead atoms. The molecule has 1 saturated heterocycles. The Morgan fingerprint density at radius 2 is 2.57 bits per heavy atom. The first-order valence-corrected chi connectivity index (χ1v) is 6.19. The van der Waals surface area contributed by atoms with E-state index in [2.05, 4.69) is 26.6 Å². The van der Waals surface area contributed by atoms with Gasteiger partial charge in [-0.15, -0.1) is 11.3 Å². The lowest BCUT2D eigenvalue weighted by atomic mass is 10.2. The SMILES string of the molecule is O=C(N[C@@H]1CCNC1)c1sccc1Br. The van der Waals surface area contributed by atoms with E-state index in [0.29, 0.717) is 0 Å². The summed E-state index contributed by atoms with van der Waals surface area (Å²) in [5.74, 6) is 0.0283. The molecule has 1 atom stereocenters. The van der Waals surface area contributed by atoms with E-state index in [9.17, 15) is 4.79 Å². The minimum absolute atomic E-state index is 0.0283. The Morgan fingerprint density at radius 3 is 3.14 bits per heavy atom. The third-order valence-electron chi connectivity index (χ3n) is 2.22. The second kappa shape index (κ2) is 4.42. The summed E-state index contributed by atoms with van der Waals surface area (Å²) in [4.78, 5) is 12.5. The van der Waals surface area contributed by atoms with Crippen molar-refractivity contribution < 1.29 is 4.79 Å². The van der Waals surface area contributed by atoms with E-state index in [-0.39, 0.29) is 11.9 Å². The molecule has 1 aliphatic heterocycles. The molecule has 0 radical (unpaired) electrons. The van der Waals surface area contributed by atoms with Crippen LogP contribution in [0.3, 0.4) is 0 Å². The van der Waals surface area contributed by atoms with Crippen molar-refractivity contribution in [3.05, 3.63) is 20.8 Å². The van der Waals surface area contributed by atoms with Gasteiger partial charge in [-0.2, -0.15) is 0 Å². The summed E-state index contributed by atoms with van der Waals surface area (Å²) >= 11 is 4.81. The number of rotatable bonds is 2. The highest BCUT2D eigenvalue weighted by Gasteiger charge is 2.19. The van der Waals surface area contributed by atoms with Gasteiger partial charge in [0.1, 0.15) is 4.88 Å². The smallest absolute Gasteiger partial charge is 0.262 e. The quantitative estimate of drug-likeness (QED) is 0.860. The molecule has 0 aromatic carbocycles. The Bertz CT molecular complexity index is 333. The van der Waals surface area contributed by atoms with Crippen LogP contribution in [0.15, 0.2) is 15.9 Å². The highest BCUT2D eigenvalue weighted by molar-refractivity contribution is 9.10. The van der Waals surface area contributed by atoms with Gasteiger partial charge >= 0.3 is 0 Å². The molecule has 1 amide bonds. The highest BCUT2D eigenvalue weighted by Crippen LogP contribution is 2.22. The summed E-state index contributed by atoms with van der Waals surface area (Å²) in [6, 6.07) is 2.18. The van der Waals surface area contributed by atoms with E-state index in [0.717, 1.165) is 28.9 Å². The predicted molar refractivity (Wildman–Crippen MR) is 60.8 cm³/mol. The van der Waals surface area contributed by atoms with Crippen LogP contribution >= 0.6 is 27.3 Å². The average Bonchev–Trinajstić information content (AvgIpc) is 2.75. The van der Waals surface area contributed by atoms with Crippen molar-refractivity contribution in [2.45, 2.75) is 12.5 Å². The molecule has 2 N–H and O–H groups in total. The Balaban J connectivity index is 1.98. The normalized spacial score (nSPS) is 21.1. The monoisotopic (exact) mass is 274 g/mol. The molecule has 3 nitrogen and oxygen atoms in total. The van der Waals surface area contributed by atoms with Crippen LogP contribution in [0.4, 0.5) is 0 Å². The lowest BCUT2D eigenvalue weighted by Crippen LogP contribution is -2.35. The van der Waals surface area contributed by atoms with Crippen LogP contribution in [0.25, 0.3) is 0 Å². The lowest BCUT2D eigenvalue weighted by Gasteiger charge is -2.10. The zero-order valence-electron chi connectivity index (χ0n) is 7.55. The number of hydrogen-bond acceptors (Lipinski definition) is 3. The summed E-state index contributed by atoms with van der Waals surface area (Å²) < 4.78 is 0.881. The fourth-order valence-electron chi connectivity index (χ4n) is 1.48.